The van der Waals surface area contributed by atoms with Crippen LogP contribution in [0.2, 0.25) is 0 Å². The van der Waals surface area contributed by atoms with Crippen molar-refractivity contribution >= 4 is 11.3 Å². The van der Waals surface area contributed by atoms with Crippen molar-refractivity contribution in [3.8, 4) is 0 Å². The fourth-order valence-corrected chi connectivity index (χ4v) is 2.71. The molecule has 2 rings (SSSR count). The van der Waals surface area contributed by atoms with E-state index in [1.54, 1.807) is 17.4 Å². The number of thiazole rings is 1. The second-order valence-electron chi connectivity index (χ2n) is 4.28. The molecule has 0 fully saturated rings. The zero-order chi connectivity index (χ0) is 13.0. The second-order valence-corrected chi connectivity index (χ2v) is 5.25. The molecule has 2 nitrogen and oxygen atoms in total. The Morgan fingerprint density at radius 3 is 2.94 bits per heavy atom. The molecule has 1 heterocycles. The highest BCUT2D eigenvalue weighted by molar-refractivity contribution is 7.09. The van der Waals surface area contributed by atoms with Crippen molar-refractivity contribution in [1.82, 2.24) is 10.3 Å². The van der Waals surface area contributed by atoms with Crippen LogP contribution in [0.4, 0.5) is 4.39 Å². The number of hydrogen-bond acceptors (Lipinski definition) is 3. The minimum absolute atomic E-state index is 0.145. The summed E-state index contributed by atoms with van der Waals surface area (Å²) in [6.45, 7) is 4.94. The summed E-state index contributed by atoms with van der Waals surface area (Å²) in [7, 11) is 0. The summed E-state index contributed by atoms with van der Waals surface area (Å²) in [5.41, 5.74) is 3.98. The lowest BCUT2D eigenvalue weighted by Crippen LogP contribution is -2.23. The molecule has 0 aliphatic rings. The van der Waals surface area contributed by atoms with Gasteiger partial charge in [-0.05, 0) is 36.7 Å². The van der Waals surface area contributed by atoms with Gasteiger partial charge in [0, 0.05) is 23.5 Å². The predicted molar refractivity (Wildman–Crippen MR) is 73.4 cm³/mol. The minimum atomic E-state index is -0.178. The van der Waals surface area contributed by atoms with Crippen molar-refractivity contribution in [2.24, 2.45) is 0 Å². The standard InChI is InChI=1S/C14H17FN2S/c1-3-17-14(7-12-8-16-9-18-12)13-6-11(15)5-4-10(13)2/h4-6,8-9,14,17H,3,7H2,1-2H3. The topological polar surface area (TPSA) is 24.9 Å². The van der Waals surface area contributed by atoms with Crippen LogP contribution in [-0.2, 0) is 6.42 Å². The number of nitrogens with one attached hydrogen (secondary N) is 1. The number of rotatable bonds is 5. The third-order valence-electron chi connectivity index (χ3n) is 2.96. The number of aryl methyl sites for hydroxylation is 1. The van der Waals surface area contributed by atoms with Crippen molar-refractivity contribution in [3.63, 3.8) is 0 Å². The lowest BCUT2D eigenvalue weighted by molar-refractivity contribution is 0.543. The molecule has 1 atom stereocenters. The number of hydrogen-bond donors (Lipinski definition) is 1. The SMILES string of the molecule is CCNC(Cc1cncs1)c1cc(F)ccc1C. The molecule has 0 radical (unpaired) electrons. The van der Waals surface area contributed by atoms with E-state index >= 15 is 0 Å². The van der Waals surface area contributed by atoms with E-state index in [-0.39, 0.29) is 11.9 Å². The van der Waals surface area contributed by atoms with Gasteiger partial charge in [-0.3, -0.25) is 4.98 Å². The molecule has 0 spiro atoms. The first kappa shape index (κ1) is 13.2. The van der Waals surface area contributed by atoms with Crippen molar-refractivity contribution in [2.45, 2.75) is 26.3 Å². The smallest absolute Gasteiger partial charge is 0.123 e. The van der Waals surface area contributed by atoms with E-state index in [4.69, 9.17) is 0 Å². The number of benzene rings is 1. The van der Waals surface area contributed by atoms with Gasteiger partial charge >= 0.3 is 0 Å². The maximum absolute atomic E-state index is 13.4. The predicted octanol–water partition coefficient (Wildman–Crippen LogP) is 3.48. The largest absolute Gasteiger partial charge is 0.310 e. The minimum Gasteiger partial charge on any atom is -0.310 e. The van der Waals surface area contributed by atoms with E-state index in [0.717, 1.165) is 24.1 Å². The van der Waals surface area contributed by atoms with E-state index in [9.17, 15) is 4.39 Å². The maximum Gasteiger partial charge on any atom is 0.123 e. The highest BCUT2D eigenvalue weighted by Gasteiger charge is 2.15. The van der Waals surface area contributed by atoms with Crippen LogP contribution in [0.25, 0.3) is 0 Å². The summed E-state index contributed by atoms with van der Waals surface area (Å²) in [4.78, 5) is 5.30. The average molecular weight is 264 g/mol. The van der Waals surface area contributed by atoms with Gasteiger partial charge in [0.15, 0.2) is 0 Å². The Kier molecular flexibility index (Phi) is 4.44. The number of likely N-dealkylation sites (N-methyl/N-ethyl adjacent to an activating group) is 1. The van der Waals surface area contributed by atoms with Crippen molar-refractivity contribution in [2.75, 3.05) is 6.54 Å². The molecule has 96 valence electrons. The summed E-state index contributed by atoms with van der Waals surface area (Å²) >= 11 is 1.64. The van der Waals surface area contributed by atoms with E-state index in [0.29, 0.717) is 0 Å². The Morgan fingerprint density at radius 2 is 2.28 bits per heavy atom. The molecule has 4 heteroatoms. The van der Waals surface area contributed by atoms with E-state index in [1.165, 1.54) is 10.9 Å². The zero-order valence-electron chi connectivity index (χ0n) is 10.6. The number of halogens is 1. The Balaban J connectivity index is 2.26. The lowest BCUT2D eigenvalue weighted by atomic mass is 9.98. The molecule has 18 heavy (non-hydrogen) atoms. The van der Waals surface area contributed by atoms with Gasteiger partial charge in [-0.15, -0.1) is 11.3 Å². The van der Waals surface area contributed by atoms with Crippen LogP contribution < -0.4 is 5.32 Å². The van der Waals surface area contributed by atoms with Gasteiger partial charge in [0.25, 0.3) is 0 Å². The van der Waals surface area contributed by atoms with Gasteiger partial charge in [0.1, 0.15) is 5.82 Å². The van der Waals surface area contributed by atoms with Gasteiger partial charge in [0.2, 0.25) is 0 Å². The number of aromatic nitrogens is 1. The zero-order valence-corrected chi connectivity index (χ0v) is 11.4. The molecule has 1 unspecified atom stereocenters. The summed E-state index contributed by atoms with van der Waals surface area (Å²) in [6, 6.07) is 5.12. The molecule has 0 bridgehead atoms. The van der Waals surface area contributed by atoms with Gasteiger partial charge < -0.3 is 5.32 Å². The second kappa shape index (κ2) is 6.07. The molecule has 1 aromatic carbocycles. The fourth-order valence-electron chi connectivity index (χ4n) is 2.07. The van der Waals surface area contributed by atoms with E-state index in [1.807, 2.05) is 24.7 Å². The normalized spacial score (nSPS) is 12.6. The first-order valence-corrected chi connectivity index (χ1v) is 6.95. The summed E-state index contributed by atoms with van der Waals surface area (Å²) in [6.07, 6.45) is 2.73. The van der Waals surface area contributed by atoms with Crippen molar-refractivity contribution < 1.29 is 4.39 Å². The van der Waals surface area contributed by atoms with Crippen LogP contribution >= 0.6 is 11.3 Å². The van der Waals surface area contributed by atoms with E-state index < -0.39 is 0 Å². The van der Waals surface area contributed by atoms with E-state index in [2.05, 4.69) is 17.2 Å². The first-order valence-electron chi connectivity index (χ1n) is 6.07. The fraction of sp³-hybridized carbons (Fsp3) is 0.357. The first-order chi connectivity index (χ1) is 8.70. The maximum atomic E-state index is 13.4. The number of nitrogens with zero attached hydrogens (tertiary/aromatic N) is 1. The summed E-state index contributed by atoms with van der Waals surface area (Å²) in [5.74, 6) is -0.178. The molecule has 0 saturated carbocycles. The van der Waals surface area contributed by atoms with Crippen molar-refractivity contribution in [3.05, 3.63) is 51.7 Å². The molecule has 0 aliphatic heterocycles. The molecule has 1 N–H and O–H groups in total. The third-order valence-corrected chi connectivity index (χ3v) is 3.76. The van der Waals surface area contributed by atoms with Crippen LogP contribution in [-0.4, -0.2) is 11.5 Å². The Morgan fingerprint density at radius 1 is 1.44 bits per heavy atom. The molecule has 2 aromatic rings. The van der Waals surface area contributed by atoms with Crippen LogP contribution in [0.5, 0.6) is 0 Å². The molecule has 1 aromatic heterocycles. The quantitative estimate of drug-likeness (QED) is 0.894. The summed E-state index contributed by atoms with van der Waals surface area (Å²) < 4.78 is 13.4. The van der Waals surface area contributed by atoms with Gasteiger partial charge in [-0.1, -0.05) is 13.0 Å². The molecule has 0 amide bonds. The summed E-state index contributed by atoms with van der Waals surface area (Å²) in [5, 5.41) is 3.42. The molecule has 0 aliphatic carbocycles. The Hall–Kier alpha value is -1.26. The molecular formula is C14H17FN2S. The van der Waals surface area contributed by atoms with Crippen LogP contribution in [0.15, 0.2) is 29.9 Å². The highest BCUT2D eigenvalue weighted by Crippen LogP contribution is 2.24. The van der Waals surface area contributed by atoms with Crippen LogP contribution in [0.3, 0.4) is 0 Å². The van der Waals surface area contributed by atoms with Gasteiger partial charge in [-0.2, -0.15) is 0 Å². The van der Waals surface area contributed by atoms with Crippen molar-refractivity contribution in [1.29, 1.82) is 0 Å². The van der Waals surface area contributed by atoms with Crippen LogP contribution in [0, 0.1) is 12.7 Å². The Labute approximate surface area is 111 Å². The lowest BCUT2D eigenvalue weighted by Gasteiger charge is -2.19. The Bertz CT molecular complexity index is 497. The highest BCUT2D eigenvalue weighted by atomic mass is 32.1. The monoisotopic (exact) mass is 264 g/mol. The molecular weight excluding hydrogens is 247 g/mol. The third kappa shape index (κ3) is 3.15. The van der Waals surface area contributed by atoms with Gasteiger partial charge in [0.05, 0.1) is 5.51 Å². The molecule has 0 saturated heterocycles. The van der Waals surface area contributed by atoms with Crippen LogP contribution in [0.1, 0.15) is 29.0 Å². The average Bonchev–Trinajstić information content (AvgIpc) is 2.85. The van der Waals surface area contributed by atoms with Gasteiger partial charge in [-0.25, -0.2) is 4.39 Å².